The second kappa shape index (κ2) is 5.51. The average molecular weight is 228 g/mol. The van der Waals surface area contributed by atoms with Crippen molar-refractivity contribution in [3.8, 4) is 0 Å². The van der Waals surface area contributed by atoms with Crippen LogP contribution in [0.1, 0.15) is 29.2 Å². The zero-order chi connectivity index (χ0) is 12.1. The standard InChI is InChI=1S/C15H16O2/c1-2-12-3-5-13(6-4-12)7-8-15(16)14-9-10-17-11-14/h2-6,9-11,15-16H,1,7-8H2. The summed E-state index contributed by atoms with van der Waals surface area (Å²) in [5.74, 6) is 0. The summed E-state index contributed by atoms with van der Waals surface area (Å²) in [6.07, 6.45) is 6.09. The van der Waals surface area contributed by atoms with Crippen molar-refractivity contribution in [3.63, 3.8) is 0 Å². The number of aliphatic hydroxyl groups is 1. The van der Waals surface area contributed by atoms with Gasteiger partial charge in [0.1, 0.15) is 0 Å². The lowest BCUT2D eigenvalue weighted by Gasteiger charge is -2.08. The molecule has 1 unspecified atom stereocenters. The molecule has 1 N–H and O–H groups in total. The van der Waals surface area contributed by atoms with E-state index in [-0.39, 0.29) is 0 Å². The van der Waals surface area contributed by atoms with Gasteiger partial charge in [-0.05, 0) is 30.0 Å². The second-order valence-corrected chi connectivity index (χ2v) is 4.06. The van der Waals surface area contributed by atoms with Gasteiger partial charge in [-0.1, -0.05) is 36.9 Å². The fourth-order valence-corrected chi connectivity index (χ4v) is 1.76. The highest BCUT2D eigenvalue weighted by molar-refractivity contribution is 5.47. The first-order chi connectivity index (χ1) is 8.29. The van der Waals surface area contributed by atoms with Crippen LogP contribution in [0.5, 0.6) is 0 Å². The zero-order valence-electron chi connectivity index (χ0n) is 9.67. The van der Waals surface area contributed by atoms with E-state index in [1.165, 1.54) is 5.56 Å². The number of aliphatic hydroxyl groups excluding tert-OH is 1. The molecule has 0 fully saturated rings. The minimum Gasteiger partial charge on any atom is -0.472 e. The number of hydrogen-bond acceptors (Lipinski definition) is 2. The molecule has 1 aromatic heterocycles. The topological polar surface area (TPSA) is 33.4 Å². The van der Waals surface area contributed by atoms with Crippen molar-refractivity contribution >= 4 is 6.08 Å². The Hall–Kier alpha value is -1.80. The Morgan fingerprint density at radius 2 is 2.00 bits per heavy atom. The molecule has 0 radical (unpaired) electrons. The van der Waals surface area contributed by atoms with Gasteiger partial charge in [-0.25, -0.2) is 0 Å². The Morgan fingerprint density at radius 3 is 2.59 bits per heavy atom. The largest absolute Gasteiger partial charge is 0.472 e. The van der Waals surface area contributed by atoms with Gasteiger partial charge in [0, 0.05) is 5.56 Å². The third-order valence-corrected chi connectivity index (χ3v) is 2.85. The molecule has 0 amide bonds. The van der Waals surface area contributed by atoms with E-state index in [9.17, 15) is 5.11 Å². The van der Waals surface area contributed by atoms with Crippen LogP contribution in [0.15, 0.2) is 53.9 Å². The Bertz CT molecular complexity index is 454. The first-order valence-corrected chi connectivity index (χ1v) is 5.71. The number of furan rings is 1. The molecular weight excluding hydrogens is 212 g/mol. The summed E-state index contributed by atoms with van der Waals surface area (Å²) in [6.45, 7) is 3.72. The smallest absolute Gasteiger partial charge is 0.0960 e. The number of aryl methyl sites for hydroxylation is 1. The predicted octanol–water partition coefficient (Wildman–Crippen LogP) is 3.59. The summed E-state index contributed by atoms with van der Waals surface area (Å²) in [5, 5.41) is 9.90. The van der Waals surface area contributed by atoms with Gasteiger partial charge in [0.2, 0.25) is 0 Å². The molecule has 1 heterocycles. The van der Waals surface area contributed by atoms with Gasteiger partial charge in [0.05, 0.1) is 18.6 Å². The molecule has 0 saturated carbocycles. The van der Waals surface area contributed by atoms with Gasteiger partial charge >= 0.3 is 0 Å². The summed E-state index contributed by atoms with van der Waals surface area (Å²) in [5.41, 5.74) is 3.18. The SMILES string of the molecule is C=Cc1ccc(CCC(O)c2ccoc2)cc1. The van der Waals surface area contributed by atoms with Crippen LogP contribution in [0.2, 0.25) is 0 Å². The highest BCUT2D eigenvalue weighted by atomic mass is 16.3. The lowest BCUT2D eigenvalue weighted by Crippen LogP contribution is -1.98. The van der Waals surface area contributed by atoms with Crippen LogP contribution in [0.25, 0.3) is 6.08 Å². The molecule has 0 aliphatic rings. The summed E-state index contributed by atoms with van der Waals surface area (Å²) in [6, 6.07) is 10.0. The van der Waals surface area contributed by atoms with E-state index < -0.39 is 6.10 Å². The van der Waals surface area contributed by atoms with Crippen LogP contribution in [0.3, 0.4) is 0 Å². The maximum atomic E-state index is 9.90. The molecule has 2 aromatic rings. The third kappa shape index (κ3) is 3.08. The number of benzene rings is 1. The molecule has 0 spiro atoms. The Morgan fingerprint density at radius 1 is 1.24 bits per heavy atom. The molecule has 0 saturated heterocycles. The Kier molecular flexibility index (Phi) is 3.78. The van der Waals surface area contributed by atoms with Crippen molar-refractivity contribution in [2.24, 2.45) is 0 Å². The van der Waals surface area contributed by atoms with E-state index in [1.807, 2.05) is 18.2 Å². The first kappa shape index (κ1) is 11.7. The summed E-state index contributed by atoms with van der Waals surface area (Å²) in [7, 11) is 0. The van der Waals surface area contributed by atoms with Crippen molar-refractivity contribution in [3.05, 3.63) is 66.1 Å². The van der Waals surface area contributed by atoms with E-state index in [4.69, 9.17) is 4.42 Å². The molecule has 17 heavy (non-hydrogen) atoms. The van der Waals surface area contributed by atoms with E-state index in [2.05, 4.69) is 18.7 Å². The van der Waals surface area contributed by atoms with Crippen LogP contribution in [0.4, 0.5) is 0 Å². The minimum atomic E-state index is -0.451. The molecule has 0 aliphatic carbocycles. The van der Waals surface area contributed by atoms with E-state index >= 15 is 0 Å². The second-order valence-electron chi connectivity index (χ2n) is 4.06. The fraction of sp³-hybridized carbons (Fsp3) is 0.200. The van der Waals surface area contributed by atoms with Gasteiger partial charge in [0.25, 0.3) is 0 Å². The number of rotatable bonds is 5. The van der Waals surface area contributed by atoms with Crippen molar-refractivity contribution in [2.45, 2.75) is 18.9 Å². The zero-order valence-corrected chi connectivity index (χ0v) is 9.67. The van der Waals surface area contributed by atoms with Crippen molar-refractivity contribution in [1.29, 1.82) is 0 Å². The third-order valence-electron chi connectivity index (χ3n) is 2.85. The Labute approximate surface area is 101 Å². The monoisotopic (exact) mass is 228 g/mol. The molecule has 0 bridgehead atoms. The van der Waals surface area contributed by atoms with E-state index in [1.54, 1.807) is 18.6 Å². The van der Waals surface area contributed by atoms with Gasteiger partial charge in [-0.2, -0.15) is 0 Å². The summed E-state index contributed by atoms with van der Waals surface area (Å²) >= 11 is 0. The van der Waals surface area contributed by atoms with Gasteiger partial charge in [0.15, 0.2) is 0 Å². The molecule has 0 aliphatic heterocycles. The quantitative estimate of drug-likeness (QED) is 0.848. The molecule has 1 aromatic carbocycles. The average Bonchev–Trinajstić information content (AvgIpc) is 2.90. The molecule has 2 rings (SSSR count). The van der Waals surface area contributed by atoms with Crippen LogP contribution < -0.4 is 0 Å². The molecular formula is C15H16O2. The van der Waals surface area contributed by atoms with Crippen LogP contribution in [-0.2, 0) is 6.42 Å². The minimum absolute atomic E-state index is 0.451. The van der Waals surface area contributed by atoms with Crippen LogP contribution >= 0.6 is 0 Å². The van der Waals surface area contributed by atoms with Gasteiger partial charge < -0.3 is 9.52 Å². The van der Waals surface area contributed by atoms with Crippen molar-refractivity contribution in [1.82, 2.24) is 0 Å². The van der Waals surface area contributed by atoms with Crippen molar-refractivity contribution in [2.75, 3.05) is 0 Å². The maximum absolute atomic E-state index is 9.90. The summed E-state index contributed by atoms with van der Waals surface area (Å²) < 4.78 is 4.95. The predicted molar refractivity (Wildman–Crippen MR) is 68.5 cm³/mol. The highest BCUT2D eigenvalue weighted by Gasteiger charge is 2.08. The Balaban J connectivity index is 1.91. The van der Waals surface area contributed by atoms with Crippen molar-refractivity contribution < 1.29 is 9.52 Å². The van der Waals surface area contributed by atoms with Gasteiger partial charge in [-0.15, -0.1) is 0 Å². The van der Waals surface area contributed by atoms with Crippen LogP contribution in [0, 0.1) is 0 Å². The summed E-state index contributed by atoms with van der Waals surface area (Å²) in [4.78, 5) is 0. The molecule has 2 nitrogen and oxygen atoms in total. The lowest BCUT2D eigenvalue weighted by molar-refractivity contribution is 0.167. The van der Waals surface area contributed by atoms with E-state index in [0.717, 1.165) is 17.5 Å². The fourth-order valence-electron chi connectivity index (χ4n) is 1.76. The molecule has 1 atom stereocenters. The van der Waals surface area contributed by atoms with E-state index in [0.29, 0.717) is 6.42 Å². The van der Waals surface area contributed by atoms with Crippen LogP contribution in [-0.4, -0.2) is 5.11 Å². The lowest BCUT2D eigenvalue weighted by atomic mass is 10.0. The maximum Gasteiger partial charge on any atom is 0.0960 e. The first-order valence-electron chi connectivity index (χ1n) is 5.71. The molecule has 2 heteroatoms. The van der Waals surface area contributed by atoms with Gasteiger partial charge in [-0.3, -0.25) is 0 Å². The highest BCUT2D eigenvalue weighted by Crippen LogP contribution is 2.19. The number of hydrogen-bond donors (Lipinski definition) is 1. The normalized spacial score (nSPS) is 12.3. The molecule has 88 valence electrons.